The number of benzene rings is 1. The van der Waals surface area contributed by atoms with Crippen LogP contribution in [-0.2, 0) is 16.0 Å². The maximum Gasteiger partial charge on any atom is 0.327 e. The van der Waals surface area contributed by atoms with Crippen molar-refractivity contribution in [2.75, 3.05) is 67.6 Å². The Morgan fingerprint density at radius 3 is 2.28 bits per heavy atom. The van der Waals surface area contributed by atoms with Crippen LogP contribution < -0.4 is 4.74 Å². The lowest BCUT2D eigenvalue weighted by Gasteiger charge is -2.44. The summed E-state index contributed by atoms with van der Waals surface area (Å²) in [6.07, 6.45) is 2.02. The molecule has 8 nitrogen and oxygen atoms in total. The number of ether oxygens (including phenoxy) is 2. The Bertz CT molecular complexity index is 775. The molecule has 0 saturated carbocycles. The van der Waals surface area contributed by atoms with Crippen molar-refractivity contribution in [3.8, 4) is 5.75 Å². The minimum absolute atomic E-state index is 0.0295. The van der Waals surface area contributed by atoms with E-state index >= 15 is 0 Å². The average Bonchev–Trinajstić information content (AvgIpc) is 2.97. The molecule has 0 radical (unpaired) electrons. The van der Waals surface area contributed by atoms with Crippen molar-refractivity contribution in [3.05, 3.63) is 29.8 Å². The zero-order valence-electron chi connectivity index (χ0n) is 20.2. The van der Waals surface area contributed by atoms with Gasteiger partial charge in [0.1, 0.15) is 11.3 Å². The second kappa shape index (κ2) is 10.6. The zero-order chi connectivity index (χ0) is 23.3. The van der Waals surface area contributed by atoms with Crippen LogP contribution >= 0.6 is 0 Å². The van der Waals surface area contributed by atoms with Crippen LogP contribution in [-0.4, -0.2) is 111 Å². The highest BCUT2D eigenvalue weighted by atomic mass is 16.5. The quantitative estimate of drug-likeness (QED) is 0.512. The summed E-state index contributed by atoms with van der Waals surface area (Å²) in [5, 5.41) is 0. The molecular formula is C24H38N4O4. The highest BCUT2D eigenvalue weighted by Crippen LogP contribution is 2.38. The predicted octanol–water partition coefficient (Wildman–Crippen LogP) is 1.93. The van der Waals surface area contributed by atoms with E-state index in [1.54, 1.807) is 14.2 Å². The zero-order valence-corrected chi connectivity index (χ0v) is 20.2. The Hall–Kier alpha value is -2.16. The summed E-state index contributed by atoms with van der Waals surface area (Å²) in [4.78, 5) is 34.7. The van der Waals surface area contributed by atoms with Crippen LogP contribution in [0.25, 0.3) is 0 Å². The van der Waals surface area contributed by atoms with Crippen molar-refractivity contribution >= 4 is 11.9 Å². The molecule has 2 heterocycles. The molecule has 0 aliphatic carbocycles. The second-order valence-corrected chi connectivity index (χ2v) is 9.16. The first kappa shape index (κ1) is 24.5. The van der Waals surface area contributed by atoms with Gasteiger partial charge in [-0.2, -0.15) is 0 Å². The number of likely N-dealkylation sites (tertiary alicyclic amines) is 1. The van der Waals surface area contributed by atoms with Gasteiger partial charge in [-0.15, -0.1) is 0 Å². The molecule has 3 rings (SSSR count). The number of carbonyl (C=O) groups excluding carboxylic acids is 2. The van der Waals surface area contributed by atoms with Gasteiger partial charge in [-0.25, -0.2) is 4.79 Å². The normalized spacial score (nSPS) is 19.9. The van der Waals surface area contributed by atoms with Crippen molar-refractivity contribution in [2.45, 2.75) is 37.8 Å². The molecule has 1 aromatic rings. The Morgan fingerprint density at radius 2 is 1.72 bits per heavy atom. The Morgan fingerprint density at radius 1 is 1.06 bits per heavy atom. The molecule has 0 aromatic heterocycles. The highest BCUT2D eigenvalue weighted by Gasteiger charge is 2.57. The number of hydrogen-bond acceptors (Lipinski definition) is 6. The number of piperidine rings is 1. The lowest BCUT2D eigenvalue weighted by atomic mass is 9.85. The molecule has 0 N–H and O–H groups in total. The van der Waals surface area contributed by atoms with Crippen molar-refractivity contribution in [3.63, 3.8) is 0 Å². The number of hydrogen-bond donors (Lipinski definition) is 0. The van der Waals surface area contributed by atoms with E-state index in [1.807, 2.05) is 48.2 Å². The van der Waals surface area contributed by atoms with E-state index in [0.717, 1.165) is 24.4 Å². The van der Waals surface area contributed by atoms with Crippen molar-refractivity contribution in [2.24, 2.45) is 0 Å². The summed E-state index contributed by atoms with van der Waals surface area (Å²) in [6, 6.07) is 8.05. The number of imide groups is 1. The standard InChI is InChI=1S/C24H38N4O4/c1-19(18-31-4)26-14-11-24(12-15-26)22(29)27(17-16-25(2)3)23(30)28(24)13-10-20-6-8-21(32-5)9-7-20/h6-9,19H,10-18H2,1-5H3. The van der Waals surface area contributed by atoms with Gasteiger partial charge in [-0.05, 0) is 58.0 Å². The molecule has 32 heavy (non-hydrogen) atoms. The maximum absolute atomic E-state index is 13.6. The van der Waals surface area contributed by atoms with Crippen LogP contribution in [0, 0.1) is 0 Å². The molecule has 0 bridgehead atoms. The molecule has 2 aliphatic heterocycles. The van der Waals surface area contributed by atoms with Gasteiger partial charge in [-0.3, -0.25) is 14.6 Å². The van der Waals surface area contributed by atoms with Crippen LogP contribution in [0.1, 0.15) is 25.3 Å². The summed E-state index contributed by atoms with van der Waals surface area (Å²) in [7, 11) is 7.27. The first-order valence-electron chi connectivity index (χ1n) is 11.5. The van der Waals surface area contributed by atoms with Gasteiger partial charge in [0.2, 0.25) is 0 Å². The van der Waals surface area contributed by atoms with Gasteiger partial charge in [0.05, 0.1) is 13.7 Å². The predicted molar refractivity (Wildman–Crippen MR) is 124 cm³/mol. The van der Waals surface area contributed by atoms with E-state index in [-0.39, 0.29) is 11.9 Å². The number of methoxy groups -OCH3 is 2. The molecule has 1 aromatic carbocycles. The van der Waals surface area contributed by atoms with Crippen LogP contribution in [0.5, 0.6) is 5.75 Å². The summed E-state index contributed by atoms with van der Waals surface area (Å²) in [6.45, 7) is 5.99. The first-order chi connectivity index (χ1) is 15.3. The number of nitrogens with zero attached hydrogens (tertiary/aromatic N) is 4. The first-order valence-corrected chi connectivity index (χ1v) is 11.5. The molecule has 2 fully saturated rings. The fourth-order valence-corrected chi connectivity index (χ4v) is 4.79. The maximum atomic E-state index is 13.6. The summed E-state index contributed by atoms with van der Waals surface area (Å²) in [5.41, 5.74) is 0.387. The fraction of sp³-hybridized carbons (Fsp3) is 0.667. The van der Waals surface area contributed by atoms with E-state index in [2.05, 4.69) is 11.8 Å². The number of urea groups is 1. The second-order valence-electron chi connectivity index (χ2n) is 9.16. The monoisotopic (exact) mass is 446 g/mol. The van der Waals surface area contributed by atoms with Gasteiger partial charge < -0.3 is 19.3 Å². The largest absolute Gasteiger partial charge is 0.497 e. The lowest BCUT2D eigenvalue weighted by molar-refractivity contribution is -0.136. The summed E-state index contributed by atoms with van der Waals surface area (Å²) in [5.74, 6) is 0.781. The minimum atomic E-state index is -0.737. The molecule has 178 valence electrons. The number of rotatable bonds is 10. The average molecular weight is 447 g/mol. The van der Waals surface area contributed by atoms with Crippen molar-refractivity contribution < 1.29 is 19.1 Å². The molecule has 1 unspecified atom stereocenters. The van der Waals surface area contributed by atoms with Crippen molar-refractivity contribution in [1.82, 2.24) is 19.6 Å². The molecular weight excluding hydrogens is 408 g/mol. The minimum Gasteiger partial charge on any atom is -0.497 e. The highest BCUT2D eigenvalue weighted by molar-refractivity contribution is 6.07. The van der Waals surface area contributed by atoms with E-state index in [4.69, 9.17) is 9.47 Å². The molecule has 1 atom stereocenters. The Labute approximate surface area is 192 Å². The number of amides is 3. The molecule has 2 aliphatic rings. The molecule has 3 amide bonds. The van der Waals surface area contributed by atoms with Gasteiger partial charge in [0, 0.05) is 45.9 Å². The number of carbonyl (C=O) groups is 2. The molecule has 2 saturated heterocycles. The molecule has 1 spiro atoms. The van der Waals surface area contributed by atoms with E-state index < -0.39 is 5.54 Å². The van der Waals surface area contributed by atoms with Crippen LogP contribution in [0.3, 0.4) is 0 Å². The van der Waals surface area contributed by atoms with E-state index in [9.17, 15) is 9.59 Å². The topological polar surface area (TPSA) is 65.6 Å². The molecule has 8 heteroatoms. The van der Waals surface area contributed by atoms with E-state index in [1.165, 1.54) is 4.90 Å². The smallest absolute Gasteiger partial charge is 0.327 e. The third-order valence-electron chi connectivity index (χ3n) is 6.83. The van der Waals surface area contributed by atoms with Gasteiger partial charge in [0.15, 0.2) is 0 Å². The Kier molecular flexibility index (Phi) is 8.14. The van der Waals surface area contributed by atoms with Crippen LogP contribution in [0.2, 0.25) is 0 Å². The van der Waals surface area contributed by atoms with Crippen LogP contribution in [0.15, 0.2) is 24.3 Å². The Balaban J connectivity index is 1.77. The van der Waals surface area contributed by atoms with Crippen LogP contribution in [0.4, 0.5) is 4.79 Å². The SMILES string of the molecule is COCC(C)N1CCC2(CC1)C(=O)N(CCN(C)C)C(=O)N2CCc1ccc(OC)cc1. The lowest BCUT2D eigenvalue weighted by Crippen LogP contribution is -2.58. The number of likely N-dealkylation sites (N-methyl/N-ethyl adjacent to an activating group) is 1. The van der Waals surface area contributed by atoms with Gasteiger partial charge in [0.25, 0.3) is 5.91 Å². The van der Waals surface area contributed by atoms with Crippen molar-refractivity contribution in [1.29, 1.82) is 0 Å². The van der Waals surface area contributed by atoms with Gasteiger partial charge >= 0.3 is 6.03 Å². The van der Waals surface area contributed by atoms with E-state index in [0.29, 0.717) is 51.5 Å². The fourth-order valence-electron chi connectivity index (χ4n) is 4.79. The summed E-state index contributed by atoms with van der Waals surface area (Å²) < 4.78 is 10.6. The summed E-state index contributed by atoms with van der Waals surface area (Å²) >= 11 is 0. The third-order valence-corrected chi connectivity index (χ3v) is 6.83. The third kappa shape index (κ3) is 5.08. The van der Waals surface area contributed by atoms with Gasteiger partial charge in [-0.1, -0.05) is 12.1 Å².